The average molecular weight is 433 g/mol. The highest BCUT2D eigenvalue weighted by Gasteiger charge is 2.26. The van der Waals surface area contributed by atoms with Crippen molar-refractivity contribution in [3.63, 3.8) is 0 Å². The summed E-state index contributed by atoms with van der Waals surface area (Å²) in [6.45, 7) is 2.48. The lowest BCUT2D eigenvalue weighted by atomic mass is 9.99. The first-order valence-corrected chi connectivity index (χ1v) is 10.8. The number of carbonyl (C=O) groups is 2. The monoisotopic (exact) mass is 432 g/mol. The Labute approximate surface area is 188 Å². The van der Waals surface area contributed by atoms with Gasteiger partial charge in [-0.3, -0.25) is 14.3 Å². The third-order valence-electron chi connectivity index (χ3n) is 5.93. The van der Waals surface area contributed by atoms with Crippen LogP contribution in [0.25, 0.3) is 0 Å². The van der Waals surface area contributed by atoms with Crippen LogP contribution in [0.4, 0.5) is 17.2 Å². The van der Waals surface area contributed by atoms with Crippen LogP contribution in [-0.2, 0) is 29.5 Å². The number of nitrogens with one attached hydrogen (secondary N) is 1. The zero-order chi connectivity index (χ0) is 22.7. The minimum Gasteiger partial charge on any atom is -0.469 e. The minimum absolute atomic E-state index is 0.0451. The van der Waals surface area contributed by atoms with Crippen molar-refractivity contribution in [2.45, 2.75) is 39.2 Å². The van der Waals surface area contributed by atoms with Crippen molar-refractivity contribution in [3.8, 4) is 0 Å². The van der Waals surface area contributed by atoms with E-state index in [2.05, 4.69) is 10.4 Å². The number of para-hydroxylation sites is 2. The number of nitrogens with zero attached hydrogens (tertiary/aromatic N) is 3. The highest BCUT2D eigenvalue weighted by molar-refractivity contribution is 6.08. The third-order valence-corrected chi connectivity index (χ3v) is 5.93. The molecule has 0 aliphatic carbocycles. The lowest BCUT2D eigenvalue weighted by molar-refractivity contribution is -0.140. The van der Waals surface area contributed by atoms with Crippen LogP contribution in [0.2, 0.25) is 0 Å². The van der Waals surface area contributed by atoms with Gasteiger partial charge in [0.05, 0.1) is 31.2 Å². The largest absolute Gasteiger partial charge is 0.469 e. The van der Waals surface area contributed by atoms with E-state index in [-0.39, 0.29) is 11.9 Å². The summed E-state index contributed by atoms with van der Waals surface area (Å²) in [4.78, 5) is 26.7. The molecule has 0 saturated carbocycles. The minimum atomic E-state index is -0.174. The van der Waals surface area contributed by atoms with Gasteiger partial charge >= 0.3 is 5.97 Å². The van der Waals surface area contributed by atoms with Gasteiger partial charge in [-0.15, -0.1) is 0 Å². The fourth-order valence-corrected chi connectivity index (χ4v) is 4.09. The number of benzene rings is 2. The van der Waals surface area contributed by atoms with Gasteiger partial charge in [0.2, 0.25) is 0 Å². The zero-order valence-electron chi connectivity index (χ0n) is 18.7. The van der Waals surface area contributed by atoms with Crippen LogP contribution in [0.3, 0.4) is 0 Å². The highest BCUT2D eigenvalue weighted by Crippen LogP contribution is 2.36. The predicted molar refractivity (Wildman–Crippen MR) is 124 cm³/mol. The zero-order valence-corrected chi connectivity index (χ0v) is 18.7. The van der Waals surface area contributed by atoms with E-state index in [9.17, 15) is 9.59 Å². The smallest absolute Gasteiger partial charge is 0.305 e. The van der Waals surface area contributed by atoms with Crippen LogP contribution in [-0.4, -0.2) is 28.8 Å². The summed E-state index contributed by atoms with van der Waals surface area (Å²) in [5.74, 6) is 0.675. The summed E-state index contributed by atoms with van der Waals surface area (Å²) in [5.41, 5.74) is 5.62. The standard InChI is InChI=1S/C25H28N4O3/c1-17-14-19(13-12-18(17)8-4-7-11-23(30)32-3)25(31)29-16-20-15-26-28(2)24(20)27-21-9-5-6-10-22(21)29/h5-6,9-10,12-15,27H,4,7-8,11,16H2,1-3H3. The molecule has 166 valence electrons. The van der Waals surface area contributed by atoms with Gasteiger partial charge in [-0.1, -0.05) is 18.2 Å². The molecule has 1 N–H and O–H groups in total. The Morgan fingerprint density at radius 3 is 2.75 bits per heavy atom. The maximum absolute atomic E-state index is 13.6. The van der Waals surface area contributed by atoms with Crippen molar-refractivity contribution >= 4 is 29.1 Å². The quantitative estimate of drug-likeness (QED) is 0.458. The number of fused-ring (bicyclic) bond motifs is 2. The van der Waals surface area contributed by atoms with Crippen molar-refractivity contribution < 1.29 is 14.3 Å². The van der Waals surface area contributed by atoms with Crippen LogP contribution in [0.15, 0.2) is 48.7 Å². The van der Waals surface area contributed by atoms with Crippen LogP contribution in [0, 0.1) is 6.92 Å². The van der Waals surface area contributed by atoms with Crippen LogP contribution in [0.1, 0.15) is 46.3 Å². The Hall–Kier alpha value is -3.61. The van der Waals surface area contributed by atoms with Crippen molar-refractivity contribution in [1.29, 1.82) is 0 Å². The molecule has 0 fully saturated rings. The normalized spacial score (nSPS) is 12.4. The maximum atomic E-state index is 13.6. The molecule has 0 bridgehead atoms. The molecule has 4 rings (SSSR count). The number of hydrogen-bond acceptors (Lipinski definition) is 5. The second-order valence-electron chi connectivity index (χ2n) is 8.10. The lowest BCUT2D eigenvalue weighted by Crippen LogP contribution is -2.30. The first-order chi connectivity index (χ1) is 15.5. The van der Waals surface area contributed by atoms with Gasteiger partial charge in [-0.2, -0.15) is 5.10 Å². The van der Waals surface area contributed by atoms with Crippen molar-refractivity contribution in [1.82, 2.24) is 9.78 Å². The van der Waals surface area contributed by atoms with Gasteiger partial charge in [0.1, 0.15) is 5.82 Å². The molecule has 7 heteroatoms. The maximum Gasteiger partial charge on any atom is 0.305 e. The van der Waals surface area contributed by atoms with Crippen molar-refractivity contribution in [3.05, 3.63) is 70.9 Å². The van der Waals surface area contributed by atoms with Crippen LogP contribution >= 0.6 is 0 Å². The molecule has 32 heavy (non-hydrogen) atoms. The van der Waals surface area contributed by atoms with Gasteiger partial charge in [-0.25, -0.2) is 0 Å². The molecule has 1 aliphatic rings. The molecule has 0 saturated heterocycles. The second kappa shape index (κ2) is 9.26. The first-order valence-electron chi connectivity index (χ1n) is 10.8. The van der Waals surface area contributed by atoms with Gasteiger partial charge in [0, 0.05) is 24.6 Å². The number of esters is 1. The molecule has 1 amide bonds. The fraction of sp³-hybridized carbons (Fsp3) is 0.320. The van der Waals surface area contributed by atoms with E-state index in [0.29, 0.717) is 18.5 Å². The van der Waals surface area contributed by atoms with Crippen molar-refractivity contribution in [2.75, 3.05) is 17.3 Å². The van der Waals surface area contributed by atoms with E-state index < -0.39 is 0 Å². The summed E-state index contributed by atoms with van der Waals surface area (Å²) in [6, 6.07) is 13.7. The highest BCUT2D eigenvalue weighted by atomic mass is 16.5. The summed E-state index contributed by atoms with van der Waals surface area (Å²) in [5, 5.41) is 7.77. The molecule has 3 aromatic rings. The molecular formula is C25H28N4O3. The topological polar surface area (TPSA) is 76.5 Å². The summed E-state index contributed by atoms with van der Waals surface area (Å²) < 4.78 is 6.48. The van der Waals surface area contributed by atoms with E-state index in [1.807, 2.05) is 56.4 Å². The molecule has 2 heterocycles. The van der Waals surface area contributed by atoms with E-state index >= 15 is 0 Å². The Morgan fingerprint density at radius 1 is 1.16 bits per heavy atom. The number of unbranched alkanes of at least 4 members (excludes halogenated alkanes) is 1. The van der Waals surface area contributed by atoms with Gasteiger partial charge in [-0.05, 0) is 61.6 Å². The van der Waals surface area contributed by atoms with Gasteiger partial charge in [0.15, 0.2) is 0 Å². The number of ether oxygens (including phenoxy) is 1. The summed E-state index contributed by atoms with van der Waals surface area (Å²) in [6.07, 6.45) is 4.80. The van der Waals surface area contributed by atoms with E-state index in [1.54, 1.807) is 15.8 Å². The fourth-order valence-electron chi connectivity index (χ4n) is 4.09. The summed E-state index contributed by atoms with van der Waals surface area (Å²) >= 11 is 0. The van der Waals surface area contributed by atoms with Crippen LogP contribution < -0.4 is 10.2 Å². The molecular weight excluding hydrogens is 404 g/mol. The molecule has 7 nitrogen and oxygen atoms in total. The Morgan fingerprint density at radius 2 is 1.97 bits per heavy atom. The number of methoxy groups -OCH3 is 1. The number of rotatable bonds is 6. The number of aryl methyl sites for hydroxylation is 3. The number of anilines is 3. The third kappa shape index (κ3) is 4.37. The van der Waals surface area contributed by atoms with E-state index in [4.69, 9.17) is 4.74 Å². The SMILES string of the molecule is COC(=O)CCCCc1ccc(C(=O)N2Cc3cnn(C)c3Nc3ccccc32)cc1C. The summed E-state index contributed by atoms with van der Waals surface area (Å²) in [7, 11) is 3.30. The van der Waals surface area contributed by atoms with Gasteiger partial charge < -0.3 is 15.0 Å². The predicted octanol–water partition coefficient (Wildman–Crippen LogP) is 4.52. The number of amides is 1. The molecule has 2 aromatic carbocycles. The van der Waals surface area contributed by atoms with E-state index in [1.165, 1.54) is 12.7 Å². The molecule has 0 spiro atoms. The second-order valence-corrected chi connectivity index (χ2v) is 8.10. The molecule has 0 unspecified atom stereocenters. The molecule has 1 aromatic heterocycles. The number of carbonyl (C=O) groups excluding carboxylic acids is 2. The molecule has 0 radical (unpaired) electrons. The Kier molecular flexibility index (Phi) is 6.25. The first kappa shape index (κ1) is 21.6. The van der Waals surface area contributed by atoms with Gasteiger partial charge in [0.25, 0.3) is 5.91 Å². The average Bonchev–Trinajstić information content (AvgIpc) is 3.05. The van der Waals surface area contributed by atoms with E-state index in [0.717, 1.165) is 47.6 Å². The Balaban J connectivity index is 1.55. The lowest BCUT2D eigenvalue weighted by Gasteiger charge is -2.23. The molecule has 0 atom stereocenters. The number of aromatic nitrogens is 2. The number of hydrogen-bond donors (Lipinski definition) is 1. The van der Waals surface area contributed by atoms with Crippen molar-refractivity contribution in [2.24, 2.45) is 7.05 Å². The Bertz CT molecular complexity index is 1150. The van der Waals surface area contributed by atoms with Crippen LogP contribution in [0.5, 0.6) is 0 Å². The molecule has 1 aliphatic heterocycles.